The van der Waals surface area contributed by atoms with Gasteiger partial charge in [0.05, 0.1) is 11.3 Å². The van der Waals surface area contributed by atoms with Gasteiger partial charge in [0.2, 0.25) is 5.88 Å². The van der Waals surface area contributed by atoms with Crippen molar-refractivity contribution in [1.82, 2.24) is 9.97 Å². The summed E-state index contributed by atoms with van der Waals surface area (Å²) in [5, 5.41) is 24.4. The van der Waals surface area contributed by atoms with Crippen molar-refractivity contribution < 1.29 is 24.1 Å². The Morgan fingerprint density at radius 2 is 2.09 bits per heavy atom. The number of anilines is 3. The van der Waals surface area contributed by atoms with Crippen LogP contribution in [0.4, 0.5) is 26.4 Å². The van der Waals surface area contributed by atoms with Crippen LogP contribution < -0.4 is 20.7 Å². The van der Waals surface area contributed by atoms with E-state index in [-0.39, 0.29) is 29.5 Å². The van der Waals surface area contributed by atoms with E-state index in [0.29, 0.717) is 60.3 Å². The fourth-order valence-electron chi connectivity index (χ4n) is 4.96. The summed E-state index contributed by atoms with van der Waals surface area (Å²) >= 11 is 0. The number of nitrogens with one attached hydrogen (secondary N) is 1. The van der Waals surface area contributed by atoms with Gasteiger partial charge in [0.25, 0.3) is 0 Å². The van der Waals surface area contributed by atoms with E-state index in [0.717, 1.165) is 5.56 Å². The number of carbonyl (C=O) groups is 1. The second-order valence-electron chi connectivity index (χ2n) is 9.21. The average molecular weight is 504 g/mol. The second-order valence-corrected chi connectivity index (χ2v) is 9.21. The maximum absolute atomic E-state index is 15.4. The smallest absolute Gasteiger partial charge is 0.413 e. The molecule has 0 radical (unpaired) electrons. The summed E-state index contributed by atoms with van der Waals surface area (Å²) in [6, 6.07) is 2.82. The first-order valence-corrected chi connectivity index (χ1v) is 11.2. The Morgan fingerprint density at radius 3 is 2.77 bits per heavy atom. The van der Waals surface area contributed by atoms with Crippen molar-refractivity contribution in [1.29, 1.82) is 0 Å². The first-order valence-electron chi connectivity index (χ1n) is 11.2. The molecular formula is C24H27ClFN5O4. The minimum absolute atomic E-state index is 0. The Balaban J connectivity index is 0.00000289. The molecular weight excluding hydrogens is 477 g/mol. The number of ether oxygens (including phenoxy) is 1. The zero-order valence-electron chi connectivity index (χ0n) is 19.3. The van der Waals surface area contributed by atoms with Crippen LogP contribution in [-0.4, -0.2) is 51.1 Å². The Kier molecular flexibility index (Phi) is 6.37. The standard InChI is InChI=1S/C24H26FN5O4.ClH/c1-12-16(10-29-22-21(12)27-5-6-34-22)15-7-13-8-18(28-11-17(13)20(26)19(15)25)30(23(31)32)14-3-4-24(2,33)9-14;/h7-8,10-11,14,27,33H,3-6,9,26H2,1-2H3,(H,31,32);1H/t14-,24+;/m0./s1. The lowest BCUT2D eigenvalue weighted by Gasteiger charge is -2.26. The predicted molar refractivity (Wildman–Crippen MR) is 134 cm³/mol. The molecule has 186 valence electrons. The highest BCUT2D eigenvalue weighted by molar-refractivity contribution is 5.99. The van der Waals surface area contributed by atoms with Crippen molar-refractivity contribution >= 4 is 46.5 Å². The van der Waals surface area contributed by atoms with Crippen molar-refractivity contribution in [3.05, 3.63) is 35.9 Å². The summed E-state index contributed by atoms with van der Waals surface area (Å²) in [6.45, 7) is 4.68. The number of halogens is 2. The molecule has 0 spiro atoms. The normalized spacial score (nSPS) is 21.0. The third kappa shape index (κ3) is 4.28. The molecule has 2 atom stereocenters. The number of carboxylic acid groups (broad SMARTS) is 1. The summed E-state index contributed by atoms with van der Waals surface area (Å²) in [7, 11) is 0. The SMILES string of the molecule is Cc1c(-c2cc3cc(N(C(=O)O)[C@H]4CC[C@@](C)(O)C4)ncc3c(N)c2F)cnc2c1NCCO2.Cl. The number of aromatic nitrogens is 2. The van der Waals surface area contributed by atoms with Gasteiger partial charge in [-0.25, -0.2) is 19.2 Å². The van der Waals surface area contributed by atoms with E-state index in [1.807, 2.05) is 6.92 Å². The number of amides is 1. The predicted octanol–water partition coefficient (Wildman–Crippen LogP) is 4.34. The van der Waals surface area contributed by atoms with Gasteiger partial charge >= 0.3 is 6.09 Å². The molecule has 5 rings (SSSR count). The Hall–Kier alpha value is -3.37. The number of pyridine rings is 2. The summed E-state index contributed by atoms with van der Waals surface area (Å²) in [5.41, 5.74) is 7.45. The van der Waals surface area contributed by atoms with Gasteiger partial charge in [0.1, 0.15) is 18.1 Å². The largest absolute Gasteiger partial charge is 0.474 e. The third-order valence-corrected chi connectivity index (χ3v) is 6.73. The molecule has 11 heteroatoms. The van der Waals surface area contributed by atoms with Crippen molar-refractivity contribution in [3.63, 3.8) is 0 Å². The number of hydrogen-bond donors (Lipinski definition) is 4. The van der Waals surface area contributed by atoms with Crippen LogP contribution in [0.5, 0.6) is 5.88 Å². The van der Waals surface area contributed by atoms with Crippen LogP contribution in [0.2, 0.25) is 0 Å². The zero-order chi connectivity index (χ0) is 24.2. The van der Waals surface area contributed by atoms with Crippen LogP contribution in [0.15, 0.2) is 24.5 Å². The minimum atomic E-state index is -1.16. The van der Waals surface area contributed by atoms with E-state index >= 15 is 4.39 Å². The second kappa shape index (κ2) is 9.01. The summed E-state index contributed by atoms with van der Waals surface area (Å²) in [6.07, 6.45) is 3.11. The van der Waals surface area contributed by atoms with Gasteiger partial charge in [-0.2, -0.15) is 0 Å². The van der Waals surface area contributed by atoms with Crippen LogP contribution >= 0.6 is 12.4 Å². The van der Waals surface area contributed by atoms with E-state index in [1.54, 1.807) is 25.3 Å². The molecule has 35 heavy (non-hydrogen) atoms. The fourth-order valence-corrected chi connectivity index (χ4v) is 4.96. The Labute approximate surface area is 207 Å². The zero-order valence-corrected chi connectivity index (χ0v) is 20.2. The van der Waals surface area contributed by atoms with Gasteiger partial charge < -0.3 is 26.0 Å². The molecule has 1 amide bonds. The molecule has 0 unspecified atom stereocenters. The van der Waals surface area contributed by atoms with Crippen molar-refractivity contribution in [2.45, 2.75) is 44.8 Å². The topological polar surface area (TPSA) is 134 Å². The van der Waals surface area contributed by atoms with Gasteiger partial charge in [0, 0.05) is 41.5 Å². The number of nitrogens with two attached hydrogens (primary N) is 1. The average Bonchev–Trinajstić information content (AvgIpc) is 3.15. The summed E-state index contributed by atoms with van der Waals surface area (Å²) < 4.78 is 21.0. The van der Waals surface area contributed by atoms with Crippen LogP contribution in [0.3, 0.4) is 0 Å². The molecule has 3 aromatic rings. The lowest BCUT2D eigenvalue weighted by molar-refractivity contribution is 0.0664. The monoisotopic (exact) mass is 503 g/mol. The van der Waals surface area contributed by atoms with Gasteiger partial charge in [-0.3, -0.25) is 4.90 Å². The van der Waals surface area contributed by atoms with E-state index in [9.17, 15) is 15.0 Å². The molecule has 2 aromatic heterocycles. The molecule has 5 N–H and O–H groups in total. The molecule has 2 aliphatic rings. The van der Waals surface area contributed by atoms with Crippen LogP contribution in [0.25, 0.3) is 21.9 Å². The van der Waals surface area contributed by atoms with Crippen molar-refractivity contribution in [2.75, 3.05) is 29.1 Å². The molecule has 1 aromatic carbocycles. The first-order chi connectivity index (χ1) is 16.2. The molecule has 1 saturated carbocycles. The number of rotatable bonds is 3. The van der Waals surface area contributed by atoms with Gasteiger partial charge in [0.15, 0.2) is 5.82 Å². The number of benzene rings is 1. The molecule has 0 bridgehead atoms. The molecule has 0 saturated heterocycles. The Morgan fingerprint density at radius 1 is 1.31 bits per heavy atom. The number of aliphatic hydroxyl groups is 1. The molecule has 9 nitrogen and oxygen atoms in total. The van der Waals surface area contributed by atoms with Crippen molar-refractivity contribution in [2.24, 2.45) is 0 Å². The third-order valence-electron chi connectivity index (χ3n) is 6.73. The van der Waals surface area contributed by atoms with Gasteiger partial charge in [-0.05, 0) is 56.2 Å². The van der Waals surface area contributed by atoms with E-state index in [4.69, 9.17) is 10.5 Å². The number of hydrogen-bond acceptors (Lipinski definition) is 7. The number of nitrogen functional groups attached to an aromatic ring is 1. The maximum Gasteiger partial charge on any atom is 0.413 e. The molecule has 3 heterocycles. The highest BCUT2D eigenvalue weighted by Gasteiger charge is 2.39. The quantitative estimate of drug-likeness (QED) is 0.388. The summed E-state index contributed by atoms with van der Waals surface area (Å²) in [4.78, 5) is 21.9. The van der Waals surface area contributed by atoms with Crippen LogP contribution in [-0.2, 0) is 0 Å². The van der Waals surface area contributed by atoms with Crippen LogP contribution in [0, 0.1) is 12.7 Å². The van der Waals surface area contributed by atoms with Gasteiger partial charge in [-0.1, -0.05) is 0 Å². The van der Waals surface area contributed by atoms with E-state index < -0.39 is 23.6 Å². The first kappa shape index (κ1) is 24.7. The lowest BCUT2D eigenvalue weighted by atomic mass is 9.97. The van der Waals surface area contributed by atoms with E-state index in [2.05, 4.69) is 15.3 Å². The lowest BCUT2D eigenvalue weighted by Crippen LogP contribution is -2.39. The summed E-state index contributed by atoms with van der Waals surface area (Å²) in [5.74, 6) is 0.0817. The highest BCUT2D eigenvalue weighted by Crippen LogP contribution is 2.40. The molecule has 1 aliphatic carbocycles. The number of nitrogens with zero attached hydrogens (tertiary/aromatic N) is 3. The van der Waals surface area contributed by atoms with Gasteiger partial charge in [-0.15, -0.1) is 12.4 Å². The fraction of sp³-hybridized carbons (Fsp3) is 0.375. The number of fused-ring (bicyclic) bond motifs is 2. The van der Waals surface area contributed by atoms with Crippen LogP contribution in [0.1, 0.15) is 31.7 Å². The minimum Gasteiger partial charge on any atom is -0.474 e. The maximum atomic E-state index is 15.4. The van der Waals surface area contributed by atoms with E-state index in [1.165, 1.54) is 11.1 Å². The molecule has 1 fully saturated rings. The molecule has 1 aliphatic heterocycles. The highest BCUT2D eigenvalue weighted by atomic mass is 35.5. The Bertz CT molecular complexity index is 1320. The van der Waals surface area contributed by atoms with Crippen molar-refractivity contribution in [3.8, 4) is 17.0 Å².